The van der Waals surface area contributed by atoms with Crippen molar-refractivity contribution in [1.29, 1.82) is 0 Å². The minimum absolute atomic E-state index is 0.0338. The summed E-state index contributed by atoms with van der Waals surface area (Å²) in [4.78, 5) is 24.6. The topological polar surface area (TPSA) is 83.6 Å². The first-order valence-corrected chi connectivity index (χ1v) is 6.18. The van der Waals surface area contributed by atoms with Crippen LogP contribution in [0.3, 0.4) is 0 Å². The highest BCUT2D eigenvalue weighted by molar-refractivity contribution is 8.04. The molecule has 1 atom stereocenters. The average molecular weight is 242 g/mol. The first kappa shape index (κ1) is 11.5. The molecule has 6 heteroatoms. The van der Waals surface area contributed by atoms with E-state index in [1.165, 1.54) is 16.7 Å². The molecule has 2 rings (SSSR count). The summed E-state index contributed by atoms with van der Waals surface area (Å²) in [7, 11) is 0. The van der Waals surface area contributed by atoms with Crippen molar-refractivity contribution >= 4 is 23.6 Å². The standard InChI is InChI=1S/C10H14N2O3S/c11-4-2-1-3-6-9(10(14)15)12-7(13)5-8(12)16-6/h8H,1-5,11H2,(H,14,15)/t8-/m0/s1. The number of nitrogens with two attached hydrogens (primary N) is 1. The molecule has 0 aliphatic carbocycles. The lowest BCUT2D eigenvalue weighted by molar-refractivity contribution is -0.145. The fourth-order valence-electron chi connectivity index (χ4n) is 1.93. The van der Waals surface area contributed by atoms with Crippen LogP contribution < -0.4 is 5.73 Å². The fraction of sp³-hybridized carbons (Fsp3) is 0.600. The predicted molar refractivity (Wildman–Crippen MR) is 60.4 cm³/mol. The minimum atomic E-state index is -0.995. The van der Waals surface area contributed by atoms with Crippen LogP contribution in [0.15, 0.2) is 10.6 Å². The number of carbonyl (C=O) groups excluding carboxylic acids is 1. The number of fused-ring (bicyclic) bond motifs is 1. The Bertz CT molecular complexity index is 367. The van der Waals surface area contributed by atoms with E-state index >= 15 is 0 Å². The number of hydrogen-bond acceptors (Lipinski definition) is 4. The number of unbranched alkanes of at least 4 members (excludes halogenated alkanes) is 1. The number of allylic oxidation sites excluding steroid dienone is 1. The van der Waals surface area contributed by atoms with Gasteiger partial charge in [0.25, 0.3) is 0 Å². The van der Waals surface area contributed by atoms with Gasteiger partial charge < -0.3 is 10.8 Å². The quantitative estimate of drug-likeness (QED) is 0.548. The highest BCUT2D eigenvalue weighted by atomic mass is 32.2. The Labute approximate surface area is 97.7 Å². The molecule has 1 saturated heterocycles. The lowest BCUT2D eigenvalue weighted by Crippen LogP contribution is -2.48. The molecule has 2 heterocycles. The van der Waals surface area contributed by atoms with Gasteiger partial charge in [-0.2, -0.15) is 0 Å². The molecule has 1 amide bonds. The van der Waals surface area contributed by atoms with E-state index in [1.54, 1.807) is 0 Å². The summed E-state index contributed by atoms with van der Waals surface area (Å²) in [6.45, 7) is 0.617. The maximum Gasteiger partial charge on any atom is 0.353 e. The molecule has 0 spiro atoms. The Morgan fingerprint density at radius 1 is 1.56 bits per heavy atom. The van der Waals surface area contributed by atoms with E-state index in [1.807, 2.05) is 0 Å². The number of hydrogen-bond donors (Lipinski definition) is 2. The second-order valence-corrected chi connectivity index (χ2v) is 5.14. The molecule has 0 aromatic carbocycles. The third-order valence-electron chi connectivity index (χ3n) is 2.75. The van der Waals surface area contributed by atoms with Crippen LogP contribution in [0.1, 0.15) is 25.7 Å². The number of carboxylic acid groups (broad SMARTS) is 1. The van der Waals surface area contributed by atoms with E-state index in [-0.39, 0.29) is 17.0 Å². The Morgan fingerprint density at radius 3 is 2.88 bits per heavy atom. The van der Waals surface area contributed by atoms with Crippen molar-refractivity contribution in [2.45, 2.75) is 31.1 Å². The van der Waals surface area contributed by atoms with Crippen molar-refractivity contribution in [3.8, 4) is 0 Å². The van der Waals surface area contributed by atoms with E-state index in [4.69, 9.17) is 10.8 Å². The Morgan fingerprint density at radius 2 is 2.31 bits per heavy atom. The van der Waals surface area contributed by atoms with Crippen LogP contribution in [-0.4, -0.2) is 33.8 Å². The van der Waals surface area contributed by atoms with Gasteiger partial charge >= 0.3 is 5.97 Å². The van der Waals surface area contributed by atoms with Crippen LogP contribution in [0.2, 0.25) is 0 Å². The van der Waals surface area contributed by atoms with E-state index < -0.39 is 5.97 Å². The van der Waals surface area contributed by atoms with Crippen molar-refractivity contribution in [3.05, 3.63) is 10.6 Å². The number of carboxylic acids is 1. The van der Waals surface area contributed by atoms with Crippen molar-refractivity contribution in [2.75, 3.05) is 6.54 Å². The largest absolute Gasteiger partial charge is 0.477 e. The smallest absolute Gasteiger partial charge is 0.353 e. The van der Waals surface area contributed by atoms with Crippen LogP contribution in [0.4, 0.5) is 0 Å². The number of thioether (sulfide) groups is 1. The average Bonchev–Trinajstić information content (AvgIpc) is 2.52. The van der Waals surface area contributed by atoms with Gasteiger partial charge in [-0.25, -0.2) is 4.79 Å². The van der Waals surface area contributed by atoms with Crippen molar-refractivity contribution in [3.63, 3.8) is 0 Å². The SMILES string of the molecule is NCCCCC1=C(C(=O)O)N2C(=O)C[C@@H]2S1. The number of amides is 1. The van der Waals surface area contributed by atoms with Gasteiger partial charge in [-0.15, -0.1) is 11.8 Å². The van der Waals surface area contributed by atoms with Crippen LogP contribution in [0.25, 0.3) is 0 Å². The molecular weight excluding hydrogens is 228 g/mol. The van der Waals surface area contributed by atoms with Crippen LogP contribution >= 0.6 is 11.8 Å². The van der Waals surface area contributed by atoms with Gasteiger partial charge in [0, 0.05) is 4.91 Å². The molecule has 0 aromatic rings. The molecule has 0 bridgehead atoms. The number of nitrogens with zero attached hydrogens (tertiary/aromatic N) is 1. The summed E-state index contributed by atoms with van der Waals surface area (Å²) < 4.78 is 0. The van der Waals surface area contributed by atoms with E-state index in [0.29, 0.717) is 19.4 Å². The molecule has 0 radical (unpaired) electrons. The molecule has 16 heavy (non-hydrogen) atoms. The maximum absolute atomic E-state index is 11.3. The molecule has 3 N–H and O–H groups in total. The normalized spacial score (nSPS) is 23.4. The molecule has 0 unspecified atom stereocenters. The van der Waals surface area contributed by atoms with Gasteiger partial charge in [0.05, 0.1) is 11.8 Å². The zero-order chi connectivity index (χ0) is 11.7. The number of rotatable bonds is 5. The van der Waals surface area contributed by atoms with Gasteiger partial charge in [0.2, 0.25) is 5.91 Å². The summed E-state index contributed by atoms with van der Waals surface area (Å²) >= 11 is 1.51. The molecule has 88 valence electrons. The van der Waals surface area contributed by atoms with Gasteiger partial charge in [-0.1, -0.05) is 0 Å². The van der Waals surface area contributed by atoms with E-state index in [0.717, 1.165) is 17.7 Å². The second-order valence-electron chi connectivity index (χ2n) is 3.86. The molecule has 1 fully saturated rings. The Kier molecular flexibility index (Phi) is 3.20. The van der Waals surface area contributed by atoms with E-state index in [2.05, 4.69) is 0 Å². The third kappa shape index (κ3) is 1.82. The van der Waals surface area contributed by atoms with E-state index in [9.17, 15) is 9.59 Å². The molecule has 2 aliphatic rings. The number of aliphatic carboxylic acids is 1. The summed E-state index contributed by atoms with van der Waals surface area (Å²) in [5.41, 5.74) is 5.59. The summed E-state index contributed by atoms with van der Waals surface area (Å²) in [5, 5.41) is 9.12. The fourth-order valence-corrected chi connectivity index (χ4v) is 3.38. The highest BCUT2D eigenvalue weighted by Gasteiger charge is 2.47. The van der Waals surface area contributed by atoms with Crippen molar-refractivity contribution in [1.82, 2.24) is 4.90 Å². The lowest BCUT2D eigenvalue weighted by Gasteiger charge is -2.33. The first-order valence-electron chi connectivity index (χ1n) is 5.30. The number of β-lactam (4-membered cyclic amide) rings is 1. The Hall–Kier alpha value is -1.01. The molecule has 5 nitrogen and oxygen atoms in total. The number of carbonyl (C=O) groups is 2. The van der Waals surface area contributed by atoms with Crippen LogP contribution in [0.5, 0.6) is 0 Å². The monoisotopic (exact) mass is 242 g/mol. The third-order valence-corrected chi connectivity index (χ3v) is 4.08. The van der Waals surface area contributed by atoms with Gasteiger partial charge in [-0.05, 0) is 25.8 Å². The molecule has 0 saturated carbocycles. The van der Waals surface area contributed by atoms with Crippen LogP contribution in [-0.2, 0) is 9.59 Å². The zero-order valence-electron chi connectivity index (χ0n) is 8.81. The van der Waals surface area contributed by atoms with Gasteiger partial charge in [0.1, 0.15) is 5.70 Å². The molecule has 0 aromatic heterocycles. The summed E-state index contributed by atoms with van der Waals surface area (Å²) in [6.07, 6.45) is 2.94. The predicted octanol–water partition coefficient (Wildman–Crippen LogP) is 0.717. The molecule has 2 aliphatic heterocycles. The van der Waals surface area contributed by atoms with Gasteiger partial charge in [0.15, 0.2) is 0 Å². The first-order chi connectivity index (χ1) is 7.65. The van der Waals surface area contributed by atoms with Gasteiger partial charge in [-0.3, -0.25) is 9.69 Å². The Balaban J connectivity index is 2.09. The van der Waals surface area contributed by atoms with Crippen molar-refractivity contribution < 1.29 is 14.7 Å². The lowest BCUT2D eigenvalue weighted by atomic mass is 10.1. The zero-order valence-corrected chi connectivity index (χ0v) is 9.63. The van der Waals surface area contributed by atoms with Crippen LogP contribution in [0, 0.1) is 0 Å². The second kappa shape index (κ2) is 4.47. The molecular formula is C10H14N2O3S. The maximum atomic E-state index is 11.3. The summed E-state index contributed by atoms with van der Waals surface area (Å²) in [5.74, 6) is -1.07. The van der Waals surface area contributed by atoms with Crippen molar-refractivity contribution in [2.24, 2.45) is 5.73 Å². The minimum Gasteiger partial charge on any atom is -0.477 e. The summed E-state index contributed by atoms with van der Waals surface area (Å²) in [6, 6.07) is 0. The highest BCUT2D eigenvalue weighted by Crippen LogP contribution is 2.47.